The number of halogens is 1. The molecule has 2 aromatic heterocycles. The van der Waals surface area contributed by atoms with Gasteiger partial charge in [-0.3, -0.25) is 4.90 Å². The molecule has 6 heteroatoms. The lowest BCUT2D eigenvalue weighted by Gasteiger charge is -2.31. The van der Waals surface area contributed by atoms with E-state index in [-0.39, 0.29) is 12.4 Å². The van der Waals surface area contributed by atoms with Gasteiger partial charge in [0.25, 0.3) is 0 Å². The number of aromatic nitrogens is 1. The third-order valence-corrected chi connectivity index (χ3v) is 4.98. The van der Waals surface area contributed by atoms with Crippen molar-refractivity contribution in [3.8, 4) is 10.6 Å². The molecule has 2 aromatic rings. The summed E-state index contributed by atoms with van der Waals surface area (Å²) in [7, 11) is 0. The summed E-state index contributed by atoms with van der Waals surface area (Å²) >= 11 is 1.69. The van der Waals surface area contributed by atoms with Crippen LogP contribution >= 0.6 is 23.7 Å². The van der Waals surface area contributed by atoms with Crippen LogP contribution in [0.4, 0.5) is 0 Å². The Kier molecular flexibility index (Phi) is 6.89. The zero-order valence-corrected chi connectivity index (χ0v) is 14.6. The molecule has 1 N–H and O–H groups in total. The second-order valence-corrected chi connectivity index (χ2v) is 6.63. The Bertz CT molecular complexity index is 535. The summed E-state index contributed by atoms with van der Waals surface area (Å²) in [5, 5.41) is 9.73. The van der Waals surface area contributed by atoms with E-state index in [2.05, 4.69) is 39.8 Å². The molecule has 1 fully saturated rings. The fourth-order valence-electron chi connectivity index (χ4n) is 2.85. The molecule has 3 heterocycles. The molecule has 0 bridgehead atoms. The number of thiophene rings is 1. The maximum atomic E-state index is 5.45. The van der Waals surface area contributed by atoms with E-state index >= 15 is 0 Å². The Morgan fingerprint density at radius 3 is 2.91 bits per heavy atom. The molecular weight excluding hydrogens is 318 g/mol. The van der Waals surface area contributed by atoms with E-state index < -0.39 is 0 Å². The molecule has 0 spiro atoms. The van der Waals surface area contributed by atoms with Gasteiger partial charge in [0, 0.05) is 12.6 Å². The van der Waals surface area contributed by atoms with E-state index in [9.17, 15) is 0 Å². The predicted octanol–water partition coefficient (Wildman–Crippen LogP) is 3.65. The molecule has 0 aromatic carbocycles. The van der Waals surface area contributed by atoms with Crippen molar-refractivity contribution in [3.63, 3.8) is 0 Å². The Morgan fingerprint density at radius 1 is 1.41 bits per heavy atom. The average Bonchev–Trinajstić information content (AvgIpc) is 3.17. The standard InChI is InChI=1S/C16H23N3OS.ClH/c1-2-17-11-13-5-7-19(8-6-13)12-14-10-15(20-18-14)16-4-3-9-21-16;/h3-4,9-10,13,17H,2,5-8,11-12H2,1H3;1H. The maximum Gasteiger partial charge on any atom is 0.177 e. The molecule has 0 aliphatic carbocycles. The molecular formula is C16H24ClN3OS. The first-order chi connectivity index (χ1) is 10.3. The van der Waals surface area contributed by atoms with Gasteiger partial charge in [-0.1, -0.05) is 18.1 Å². The van der Waals surface area contributed by atoms with Crippen LogP contribution in [0.1, 0.15) is 25.5 Å². The van der Waals surface area contributed by atoms with Crippen LogP contribution in [0.25, 0.3) is 10.6 Å². The topological polar surface area (TPSA) is 41.3 Å². The van der Waals surface area contributed by atoms with Gasteiger partial charge in [-0.2, -0.15) is 0 Å². The molecule has 1 saturated heterocycles. The second-order valence-electron chi connectivity index (χ2n) is 5.69. The van der Waals surface area contributed by atoms with Gasteiger partial charge in [0.05, 0.1) is 10.6 Å². The predicted molar refractivity (Wildman–Crippen MR) is 93.6 cm³/mol. The number of likely N-dealkylation sites (tertiary alicyclic amines) is 1. The smallest absolute Gasteiger partial charge is 0.177 e. The molecule has 122 valence electrons. The van der Waals surface area contributed by atoms with Crippen LogP contribution in [0.2, 0.25) is 0 Å². The van der Waals surface area contributed by atoms with Crippen molar-refractivity contribution in [2.24, 2.45) is 5.92 Å². The fraction of sp³-hybridized carbons (Fsp3) is 0.562. The quantitative estimate of drug-likeness (QED) is 0.870. The van der Waals surface area contributed by atoms with E-state index in [1.165, 1.54) is 12.8 Å². The number of rotatable bonds is 6. The average molecular weight is 342 g/mol. The minimum atomic E-state index is 0. The van der Waals surface area contributed by atoms with E-state index in [1.54, 1.807) is 11.3 Å². The summed E-state index contributed by atoms with van der Waals surface area (Å²) in [4.78, 5) is 3.64. The first-order valence-electron chi connectivity index (χ1n) is 7.77. The Morgan fingerprint density at radius 2 is 2.23 bits per heavy atom. The highest BCUT2D eigenvalue weighted by Gasteiger charge is 2.20. The highest BCUT2D eigenvalue weighted by atomic mass is 35.5. The Balaban J connectivity index is 0.00000176. The Hall–Kier alpha value is -0.880. The molecule has 1 aliphatic rings. The first-order valence-corrected chi connectivity index (χ1v) is 8.65. The third kappa shape index (κ3) is 4.56. The summed E-state index contributed by atoms with van der Waals surface area (Å²) in [6.07, 6.45) is 2.56. The van der Waals surface area contributed by atoms with Crippen LogP contribution in [0, 0.1) is 5.92 Å². The molecule has 0 saturated carbocycles. The summed E-state index contributed by atoms with van der Waals surface area (Å²) in [6.45, 7) is 7.64. The summed E-state index contributed by atoms with van der Waals surface area (Å²) < 4.78 is 5.45. The maximum absolute atomic E-state index is 5.45. The van der Waals surface area contributed by atoms with E-state index in [0.29, 0.717) is 0 Å². The van der Waals surface area contributed by atoms with Crippen LogP contribution in [0.15, 0.2) is 28.1 Å². The lowest BCUT2D eigenvalue weighted by Crippen LogP contribution is -2.36. The van der Waals surface area contributed by atoms with Gasteiger partial charge in [-0.25, -0.2) is 0 Å². The number of hydrogen-bond donors (Lipinski definition) is 1. The number of nitrogens with zero attached hydrogens (tertiary/aromatic N) is 2. The summed E-state index contributed by atoms with van der Waals surface area (Å²) in [5.74, 6) is 1.72. The van der Waals surface area contributed by atoms with Crippen molar-refractivity contribution in [1.82, 2.24) is 15.4 Å². The molecule has 0 amide bonds. The highest BCUT2D eigenvalue weighted by molar-refractivity contribution is 7.13. The van der Waals surface area contributed by atoms with Crippen molar-refractivity contribution in [1.29, 1.82) is 0 Å². The van der Waals surface area contributed by atoms with Crippen molar-refractivity contribution in [2.45, 2.75) is 26.3 Å². The van der Waals surface area contributed by atoms with Gasteiger partial charge >= 0.3 is 0 Å². The Labute approximate surface area is 142 Å². The molecule has 22 heavy (non-hydrogen) atoms. The highest BCUT2D eigenvalue weighted by Crippen LogP contribution is 2.26. The fourth-order valence-corrected chi connectivity index (χ4v) is 3.52. The van der Waals surface area contributed by atoms with Crippen LogP contribution in [-0.4, -0.2) is 36.2 Å². The number of nitrogens with one attached hydrogen (secondary N) is 1. The van der Waals surface area contributed by atoms with Crippen molar-refractivity contribution in [2.75, 3.05) is 26.2 Å². The van der Waals surface area contributed by atoms with Gasteiger partial charge < -0.3 is 9.84 Å². The molecule has 0 radical (unpaired) electrons. The first kappa shape index (κ1) is 17.5. The van der Waals surface area contributed by atoms with E-state index in [4.69, 9.17) is 4.52 Å². The third-order valence-electron chi connectivity index (χ3n) is 4.10. The van der Waals surface area contributed by atoms with Crippen LogP contribution in [0.3, 0.4) is 0 Å². The number of piperidine rings is 1. The zero-order chi connectivity index (χ0) is 14.5. The van der Waals surface area contributed by atoms with Crippen LogP contribution < -0.4 is 5.32 Å². The lowest BCUT2D eigenvalue weighted by molar-refractivity contribution is 0.172. The molecule has 1 aliphatic heterocycles. The van der Waals surface area contributed by atoms with Gasteiger partial charge in [-0.05, 0) is 56.4 Å². The van der Waals surface area contributed by atoms with Crippen molar-refractivity contribution < 1.29 is 4.52 Å². The number of hydrogen-bond acceptors (Lipinski definition) is 5. The lowest BCUT2D eigenvalue weighted by atomic mass is 9.96. The SMILES string of the molecule is CCNCC1CCN(Cc2cc(-c3cccs3)on2)CC1.Cl. The van der Waals surface area contributed by atoms with Gasteiger partial charge in [-0.15, -0.1) is 23.7 Å². The van der Waals surface area contributed by atoms with Crippen molar-refractivity contribution in [3.05, 3.63) is 29.3 Å². The van der Waals surface area contributed by atoms with Crippen LogP contribution in [0.5, 0.6) is 0 Å². The van der Waals surface area contributed by atoms with Gasteiger partial charge in [0.1, 0.15) is 0 Å². The monoisotopic (exact) mass is 341 g/mol. The van der Waals surface area contributed by atoms with E-state index in [0.717, 1.165) is 55.0 Å². The zero-order valence-electron chi connectivity index (χ0n) is 13.0. The minimum absolute atomic E-state index is 0. The minimum Gasteiger partial charge on any atom is -0.355 e. The van der Waals surface area contributed by atoms with E-state index in [1.807, 2.05) is 6.07 Å². The summed E-state index contributed by atoms with van der Waals surface area (Å²) in [6, 6.07) is 6.19. The molecule has 3 rings (SSSR count). The van der Waals surface area contributed by atoms with Gasteiger partial charge in [0.2, 0.25) is 0 Å². The normalized spacial score (nSPS) is 16.6. The van der Waals surface area contributed by atoms with Crippen LogP contribution in [-0.2, 0) is 6.54 Å². The molecule has 0 atom stereocenters. The molecule has 0 unspecified atom stereocenters. The summed E-state index contributed by atoms with van der Waals surface area (Å²) in [5.41, 5.74) is 1.04. The molecule has 4 nitrogen and oxygen atoms in total. The van der Waals surface area contributed by atoms with Gasteiger partial charge in [0.15, 0.2) is 5.76 Å². The second kappa shape index (κ2) is 8.67. The van der Waals surface area contributed by atoms with Crippen molar-refractivity contribution >= 4 is 23.7 Å². The largest absolute Gasteiger partial charge is 0.355 e.